The number of ether oxygens (including phenoxy) is 1. The maximum Gasteiger partial charge on any atom is 0.239 e. The molecule has 1 aliphatic carbocycles. The number of H-pyrrole nitrogens is 1. The van der Waals surface area contributed by atoms with Crippen molar-refractivity contribution in [3.8, 4) is 17.1 Å². The van der Waals surface area contributed by atoms with E-state index in [1.807, 2.05) is 24.3 Å². The number of hydrogen-bond donors (Lipinski definition) is 3. The van der Waals surface area contributed by atoms with Crippen molar-refractivity contribution >= 4 is 24.0 Å². The van der Waals surface area contributed by atoms with Gasteiger partial charge in [-0.1, -0.05) is 0 Å². The number of carbonyl (C=O) groups excluding carboxylic acids is 2. The van der Waals surface area contributed by atoms with Gasteiger partial charge in [0.2, 0.25) is 11.8 Å². The number of amides is 2. The maximum absolute atomic E-state index is 12.0. The Morgan fingerprint density at radius 2 is 2.04 bits per heavy atom. The smallest absolute Gasteiger partial charge is 0.239 e. The summed E-state index contributed by atoms with van der Waals surface area (Å²) in [5.41, 5.74) is 0.863. The molecule has 0 aliphatic heterocycles. The molecule has 0 radical (unpaired) electrons. The summed E-state index contributed by atoms with van der Waals surface area (Å²) in [6.07, 6.45) is 2.24. The van der Waals surface area contributed by atoms with Crippen LogP contribution in [0.1, 0.15) is 19.3 Å². The van der Waals surface area contributed by atoms with Crippen LogP contribution in [-0.2, 0) is 16.1 Å². The van der Waals surface area contributed by atoms with Crippen LogP contribution in [0, 0.1) is 4.77 Å². The van der Waals surface area contributed by atoms with Crippen LogP contribution in [0.25, 0.3) is 11.4 Å². The minimum Gasteiger partial charge on any atom is -0.497 e. The molecule has 0 atom stereocenters. The lowest BCUT2D eigenvalue weighted by Gasteiger charge is -2.09. The summed E-state index contributed by atoms with van der Waals surface area (Å²) in [6, 6.07) is 7.71. The first-order chi connectivity index (χ1) is 12.6. The minimum absolute atomic E-state index is 0.00252. The number of methoxy groups -OCH3 is 1. The van der Waals surface area contributed by atoms with E-state index in [-0.39, 0.29) is 30.8 Å². The number of aromatic amines is 1. The van der Waals surface area contributed by atoms with Crippen LogP contribution in [0.4, 0.5) is 0 Å². The Balaban J connectivity index is 1.57. The first-order valence-electron chi connectivity index (χ1n) is 8.42. The number of rotatable bonds is 8. The van der Waals surface area contributed by atoms with Crippen LogP contribution in [0.5, 0.6) is 5.75 Å². The molecule has 8 nitrogen and oxygen atoms in total. The van der Waals surface area contributed by atoms with Gasteiger partial charge < -0.3 is 15.4 Å². The van der Waals surface area contributed by atoms with E-state index >= 15 is 0 Å². The third kappa shape index (κ3) is 4.69. The van der Waals surface area contributed by atoms with Crippen LogP contribution < -0.4 is 15.4 Å². The van der Waals surface area contributed by atoms with Crippen LogP contribution >= 0.6 is 12.2 Å². The molecule has 26 heavy (non-hydrogen) atoms. The second-order valence-corrected chi connectivity index (χ2v) is 6.49. The van der Waals surface area contributed by atoms with Gasteiger partial charge in [0, 0.05) is 24.6 Å². The molecule has 2 aromatic rings. The van der Waals surface area contributed by atoms with E-state index in [1.165, 1.54) is 0 Å². The summed E-state index contributed by atoms with van der Waals surface area (Å²) in [5.74, 6) is 1.04. The van der Waals surface area contributed by atoms with E-state index in [1.54, 1.807) is 11.7 Å². The first-order valence-corrected chi connectivity index (χ1v) is 8.83. The van der Waals surface area contributed by atoms with Crippen LogP contribution in [-0.4, -0.2) is 46.3 Å². The molecule has 1 aromatic heterocycles. The van der Waals surface area contributed by atoms with Crippen molar-refractivity contribution in [3.63, 3.8) is 0 Å². The summed E-state index contributed by atoms with van der Waals surface area (Å²) < 4.78 is 7.36. The molecule has 1 saturated carbocycles. The number of carbonyl (C=O) groups is 2. The Kier molecular flexibility index (Phi) is 5.67. The predicted molar refractivity (Wildman–Crippen MR) is 98.2 cm³/mol. The molecular weight excluding hydrogens is 354 g/mol. The lowest BCUT2D eigenvalue weighted by Crippen LogP contribution is -2.38. The van der Waals surface area contributed by atoms with E-state index in [0.29, 0.717) is 17.1 Å². The van der Waals surface area contributed by atoms with E-state index in [4.69, 9.17) is 17.0 Å². The van der Waals surface area contributed by atoms with Crippen molar-refractivity contribution in [1.29, 1.82) is 0 Å². The Morgan fingerprint density at radius 1 is 1.31 bits per heavy atom. The molecule has 1 fully saturated rings. The second-order valence-electron chi connectivity index (χ2n) is 6.10. The van der Waals surface area contributed by atoms with E-state index in [0.717, 1.165) is 24.2 Å². The van der Waals surface area contributed by atoms with Gasteiger partial charge in [0.05, 0.1) is 13.7 Å². The molecule has 9 heteroatoms. The predicted octanol–water partition coefficient (Wildman–Crippen LogP) is 1.40. The van der Waals surface area contributed by atoms with Gasteiger partial charge >= 0.3 is 0 Å². The molecule has 0 spiro atoms. The zero-order valence-electron chi connectivity index (χ0n) is 14.4. The van der Waals surface area contributed by atoms with Crippen molar-refractivity contribution in [2.75, 3.05) is 13.7 Å². The van der Waals surface area contributed by atoms with Crippen LogP contribution in [0.15, 0.2) is 24.3 Å². The summed E-state index contributed by atoms with van der Waals surface area (Å²) >= 11 is 5.26. The molecule has 3 N–H and O–H groups in total. The van der Waals surface area contributed by atoms with Crippen LogP contribution in [0.2, 0.25) is 0 Å². The third-order valence-corrected chi connectivity index (χ3v) is 4.37. The molecule has 0 bridgehead atoms. The standard InChI is InChI=1S/C17H21N5O3S/c1-25-13-6-2-11(3-7-13)16-20-21-17(26)22(16)9-8-14(23)18-10-15(24)19-12-4-5-12/h2-3,6-7,12H,4-5,8-10H2,1H3,(H,18,23)(H,19,24)(H,21,26). The molecule has 1 aliphatic rings. The summed E-state index contributed by atoms with van der Waals surface area (Å²) in [5, 5.41) is 12.5. The summed E-state index contributed by atoms with van der Waals surface area (Å²) in [6.45, 7) is 0.365. The van der Waals surface area contributed by atoms with Crippen molar-refractivity contribution in [2.45, 2.75) is 31.8 Å². The highest BCUT2D eigenvalue weighted by Crippen LogP contribution is 2.21. The summed E-state index contributed by atoms with van der Waals surface area (Å²) in [4.78, 5) is 23.6. The van der Waals surface area contributed by atoms with Gasteiger partial charge in [-0.05, 0) is 49.3 Å². The summed E-state index contributed by atoms with van der Waals surface area (Å²) in [7, 11) is 1.61. The average molecular weight is 375 g/mol. The van der Waals surface area contributed by atoms with E-state index in [9.17, 15) is 9.59 Å². The van der Waals surface area contributed by atoms with Crippen LogP contribution in [0.3, 0.4) is 0 Å². The Bertz CT molecular complexity index is 839. The third-order valence-electron chi connectivity index (χ3n) is 4.06. The molecule has 1 aromatic carbocycles. The molecule has 0 unspecified atom stereocenters. The van der Waals surface area contributed by atoms with Crippen molar-refractivity contribution in [2.24, 2.45) is 0 Å². The number of nitrogens with one attached hydrogen (secondary N) is 3. The fourth-order valence-corrected chi connectivity index (χ4v) is 2.70. The van der Waals surface area contributed by atoms with Crippen molar-refractivity contribution in [3.05, 3.63) is 29.0 Å². The quantitative estimate of drug-likeness (QED) is 0.606. The number of nitrogens with zero attached hydrogens (tertiary/aromatic N) is 2. The van der Waals surface area contributed by atoms with Crippen molar-refractivity contribution < 1.29 is 14.3 Å². The van der Waals surface area contributed by atoms with Gasteiger partial charge in [-0.25, -0.2) is 0 Å². The average Bonchev–Trinajstić information content (AvgIpc) is 3.39. The SMILES string of the molecule is COc1ccc(-c2n[nH]c(=S)n2CCC(=O)NCC(=O)NC2CC2)cc1. The number of benzene rings is 1. The fraction of sp³-hybridized carbons (Fsp3) is 0.412. The van der Waals surface area contributed by atoms with Gasteiger partial charge in [-0.15, -0.1) is 0 Å². The number of hydrogen-bond acceptors (Lipinski definition) is 5. The molecule has 1 heterocycles. The molecule has 3 rings (SSSR count). The van der Waals surface area contributed by atoms with E-state index in [2.05, 4.69) is 20.8 Å². The highest BCUT2D eigenvalue weighted by molar-refractivity contribution is 7.71. The van der Waals surface area contributed by atoms with Gasteiger partial charge in [0.15, 0.2) is 10.6 Å². The Hall–Kier alpha value is -2.68. The van der Waals surface area contributed by atoms with Gasteiger partial charge in [-0.2, -0.15) is 5.10 Å². The molecule has 138 valence electrons. The highest BCUT2D eigenvalue weighted by Gasteiger charge is 2.23. The lowest BCUT2D eigenvalue weighted by molar-refractivity contribution is -0.126. The first kappa shape index (κ1) is 18.1. The van der Waals surface area contributed by atoms with Gasteiger partial charge in [0.1, 0.15) is 5.75 Å². The monoisotopic (exact) mass is 375 g/mol. The zero-order chi connectivity index (χ0) is 18.5. The molecule has 0 saturated heterocycles. The fourth-order valence-electron chi connectivity index (χ4n) is 2.47. The minimum atomic E-state index is -0.209. The Morgan fingerprint density at radius 3 is 2.69 bits per heavy atom. The Labute approximate surface area is 155 Å². The topological polar surface area (TPSA) is 101 Å². The van der Waals surface area contributed by atoms with Gasteiger partial charge in [0.25, 0.3) is 0 Å². The molecular formula is C17H21N5O3S. The van der Waals surface area contributed by atoms with Gasteiger partial charge in [-0.3, -0.25) is 19.3 Å². The van der Waals surface area contributed by atoms with Crippen molar-refractivity contribution in [1.82, 2.24) is 25.4 Å². The lowest BCUT2D eigenvalue weighted by atomic mass is 10.2. The largest absolute Gasteiger partial charge is 0.497 e. The maximum atomic E-state index is 12.0. The zero-order valence-corrected chi connectivity index (χ0v) is 15.3. The highest BCUT2D eigenvalue weighted by atomic mass is 32.1. The number of aromatic nitrogens is 3. The molecule has 2 amide bonds. The normalized spacial score (nSPS) is 13.3. The second kappa shape index (κ2) is 8.13. The van der Waals surface area contributed by atoms with E-state index < -0.39 is 0 Å².